The van der Waals surface area contributed by atoms with Crippen LogP contribution >= 0.6 is 23.3 Å². The van der Waals surface area contributed by atoms with Gasteiger partial charge in [-0.25, -0.2) is 0 Å². The second kappa shape index (κ2) is 8.15. The molecule has 0 atom stereocenters. The van der Waals surface area contributed by atoms with Crippen LogP contribution in [0.15, 0.2) is 34.5 Å². The topological polar surface area (TPSA) is 35.6 Å². The summed E-state index contributed by atoms with van der Waals surface area (Å²) in [6, 6.07) is 10.3. The maximum Gasteiger partial charge on any atom is 0.263 e. The van der Waals surface area contributed by atoms with Crippen LogP contribution in [0, 0.1) is 12.3 Å². The monoisotopic (exact) mass is 403 g/mol. The summed E-state index contributed by atoms with van der Waals surface area (Å²) in [6.07, 6.45) is 2.43. The zero-order chi connectivity index (χ0) is 19.6. The molecule has 1 aliphatic heterocycles. The molecule has 0 unspecified atom stereocenters. The van der Waals surface area contributed by atoms with E-state index in [0.29, 0.717) is 5.41 Å². The van der Waals surface area contributed by atoms with Crippen molar-refractivity contribution in [3.63, 3.8) is 0 Å². The van der Waals surface area contributed by atoms with Gasteiger partial charge in [-0.05, 0) is 60.9 Å². The van der Waals surface area contributed by atoms with Gasteiger partial charge in [-0.15, -0.1) is 11.3 Å². The summed E-state index contributed by atoms with van der Waals surface area (Å²) in [7, 11) is 3.57. The van der Waals surface area contributed by atoms with E-state index in [1.807, 2.05) is 12.1 Å². The fourth-order valence-electron chi connectivity index (χ4n) is 3.31. The Morgan fingerprint density at radius 2 is 1.89 bits per heavy atom. The minimum atomic E-state index is 0.0547. The lowest BCUT2D eigenvalue weighted by atomic mass is 9.82. The number of aryl methyl sites for hydroxylation is 1. The standard InChI is InChI=1S/C21H29N3OS2/c1-15-7-6-8-16(19(15)24-13-11-21(2,3)12-14-24)22-27-18-10-9-17(26-18)20(25)23(4)5/h6-10,22H,11-14H2,1-5H3. The third-order valence-electron chi connectivity index (χ3n) is 5.13. The number of carbonyl (C=O) groups is 1. The second-order valence-electron chi connectivity index (χ2n) is 8.14. The van der Waals surface area contributed by atoms with Gasteiger partial charge in [0.1, 0.15) is 0 Å². The summed E-state index contributed by atoms with van der Waals surface area (Å²) >= 11 is 3.11. The molecule has 0 radical (unpaired) electrons. The van der Waals surface area contributed by atoms with E-state index in [1.165, 1.54) is 35.4 Å². The summed E-state index contributed by atoms with van der Waals surface area (Å²) < 4.78 is 4.62. The number of nitrogens with one attached hydrogen (secondary N) is 1. The molecular formula is C21H29N3OS2. The van der Waals surface area contributed by atoms with Crippen molar-refractivity contribution in [3.8, 4) is 0 Å². The van der Waals surface area contributed by atoms with E-state index in [4.69, 9.17) is 0 Å². The minimum absolute atomic E-state index is 0.0547. The summed E-state index contributed by atoms with van der Waals surface area (Å²) in [4.78, 5) is 17.0. The average molecular weight is 404 g/mol. The molecule has 0 saturated carbocycles. The van der Waals surface area contributed by atoms with Gasteiger partial charge >= 0.3 is 0 Å². The number of amides is 1. The highest BCUT2D eigenvalue weighted by atomic mass is 32.2. The smallest absolute Gasteiger partial charge is 0.263 e. The minimum Gasteiger partial charge on any atom is -0.370 e. The molecule has 2 heterocycles. The molecule has 1 fully saturated rings. The van der Waals surface area contributed by atoms with Gasteiger partial charge in [-0.3, -0.25) is 4.79 Å². The second-order valence-corrected chi connectivity index (χ2v) is 10.3. The first-order valence-electron chi connectivity index (χ1n) is 9.36. The van der Waals surface area contributed by atoms with Crippen LogP contribution < -0.4 is 9.62 Å². The summed E-state index contributed by atoms with van der Waals surface area (Å²) in [5, 5.41) is 0. The number of anilines is 2. The quantitative estimate of drug-likeness (QED) is 0.668. The van der Waals surface area contributed by atoms with Gasteiger partial charge in [0.2, 0.25) is 0 Å². The van der Waals surface area contributed by atoms with Crippen molar-refractivity contribution in [2.45, 2.75) is 37.8 Å². The first-order chi connectivity index (χ1) is 12.8. The predicted octanol–water partition coefficient (Wildman–Crippen LogP) is 5.50. The molecule has 1 amide bonds. The van der Waals surface area contributed by atoms with Gasteiger partial charge in [0, 0.05) is 27.2 Å². The molecule has 1 aliphatic rings. The van der Waals surface area contributed by atoms with E-state index in [0.717, 1.165) is 27.9 Å². The molecule has 27 heavy (non-hydrogen) atoms. The Labute approximate surface area is 171 Å². The van der Waals surface area contributed by atoms with Gasteiger partial charge in [-0.2, -0.15) is 0 Å². The van der Waals surface area contributed by atoms with E-state index in [2.05, 4.69) is 48.6 Å². The Morgan fingerprint density at radius 1 is 1.19 bits per heavy atom. The Balaban J connectivity index is 1.73. The molecule has 146 valence electrons. The highest BCUT2D eigenvalue weighted by Gasteiger charge is 2.27. The first kappa shape index (κ1) is 20.1. The molecule has 1 N–H and O–H groups in total. The van der Waals surface area contributed by atoms with Gasteiger partial charge in [-0.1, -0.05) is 26.0 Å². The van der Waals surface area contributed by atoms with E-state index in [1.54, 1.807) is 30.9 Å². The zero-order valence-electron chi connectivity index (χ0n) is 16.8. The van der Waals surface area contributed by atoms with Gasteiger partial charge < -0.3 is 14.5 Å². The third kappa shape index (κ3) is 4.79. The Hall–Kier alpha value is -1.66. The van der Waals surface area contributed by atoms with Gasteiger partial charge in [0.25, 0.3) is 5.91 Å². The van der Waals surface area contributed by atoms with E-state index >= 15 is 0 Å². The van der Waals surface area contributed by atoms with Crippen molar-refractivity contribution in [3.05, 3.63) is 40.8 Å². The number of para-hydroxylation sites is 1. The largest absolute Gasteiger partial charge is 0.370 e. The Kier molecular flexibility index (Phi) is 6.06. The number of thiophene rings is 1. The van der Waals surface area contributed by atoms with Crippen molar-refractivity contribution in [2.75, 3.05) is 36.8 Å². The fraction of sp³-hybridized carbons (Fsp3) is 0.476. The third-order valence-corrected chi connectivity index (χ3v) is 7.16. The van der Waals surface area contributed by atoms with Crippen LogP contribution in [0.25, 0.3) is 0 Å². The molecular weight excluding hydrogens is 374 g/mol. The molecule has 0 bridgehead atoms. The SMILES string of the molecule is Cc1cccc(NSc2ccc(C(=O)N(C)C)s2)c1N1CCC(C)(C)CC1. The number of rotatable bonds is 5. The first-order valence-corrected chi connectivity index (χ1v) is 11.0. The van der Waals surface area contributed by atoms with Crippen molar-refractivity contribution in [1.29, 1.82) is 0 Å². The van der Waals surface area contributed by atoms with Crippen molar-refractivity contribution in [2.24, 2.45) is 5.41 Å². The maximum atomic E-state index is 12.1. The lowest BCUT2D eigenvalue weighted by Crippen LogP contribution is -2.37. The van der Waals surface area contributed by atoms with Crippen LogP contribution in [-0.2, 0) is 0 Å². The van der Waals surface area contributed by atoms with Crippen LogP contribution in [0.2, 0.25) is 0 Å². The number of hydrogen-bond acceptors (Lipinski definition) is 5. The number of hydrogen-bond donors (Lipinski definition) is 1. The van der Waals surface area contributed by atoms with E-state index in [-0.39, 0.29) is 5.91 Å². The molecule has 1 aromatic heterocycles. The molecule has 0 spiro atoms. The summed E-state index contributed by atoms with van der Waals surface area (Å²) in [5.41, 5.74) is 4.19. The van der Waals surface area contributed by atoms with Crippen LogP contribution in [0.4, 0.5) is 11.4 Å². The van der Waals surface area contributed by atoms with Crippen LogP contribution in [-0.4, -0.2) is 38.0 Å². The van der Waals surface area contributed by atoms with Crippen molar-refractivity contribution < 1.29 is 4.79 Å². The van der Waals surface area contributed by atoms with Crippen LogP contribution in [0.1, 0.15) is 41.9 Å². The fourth-order valence-corrected chi connectivity index (χ4v) is 5.14. The highest BCUT2D eigenvalue weighted by Crippen LogP contribution is 2.39. The number of piperidine rings is 1. The van der Waals surface area contributed by atoms with Crippen LogP contribution in [0.3, 0.4) is 0 Å². The molecule has 1 aromatic carbocycles. The molecule has 4 nitrogen and oxygen atoms in total. The molecule has 0 aliphatic carbocycles. The Bertz CT molecular complexity index is 804. The van der Waals surface area contributed by atoms with Crippen molar-refractivity contribution in [1.82, 2.24) is 4.90 Å². The normalized spacial score (nSPS) is 16.3. The number of benzene rings is 1. The van der Waals surface area contributed by atoms with Gasteiger partial charge in [0.15, 0.2) is 0 Å². The molecule has 2 aromatic rings. The number of nitrogens with zero attached hydrogens (tertiary/aromatic N) is 2. The lowest BCUT2D eigenvalue weighted by molar-refractivity contribution is 0.0832. The maximum absolute atomic E-state index is 12.1. The molecule has 3 rings (SSSR count). The molecule has 1 saturated heterocycles. The van der Waals surface area contributed by atoms with E-state index < -0.39 is 0 Å². The Morgan fingerprint density at radius 3 is 2.56 bits per heavy atom. The predicted molar refractivity (Wildman–Crippen MR) is 118 cm³/mol. The van der Waals surface area contributed by atoms with Crippen LogP contribution in [0.5, 0.6) is 0 Å². The zero-order valence-corrected chi connectivity index (χ0v) is 18.5. The molecule has 6 heteroatoms. The number of carbonyl (C=O) groups excluding carboxylic acids is 1. The summed E-state index contributed by atoms with van der Waals surface area (Å²) in [6.45, 7) is 9.10. The highest BCUT2D eigenvalue weighted by molar-refractivity contribution is 8.02. The van der Waals surface area contributed by atoms with E-state index in [9.17, 15) is 4.79 Å². The van der Waals surface area contributed by atoms with Crippen molar-refractivity contribution >= 4 is 40.6 Å². The summed E-state index contributed by atoms with van der Waals surface area (Å²) in [5.74, 6) is 0.0547. The lowest BCUT2D eigenvalue weighted by Gasteiger charge is -2.39. The average Bonchev–Trinajstić information content (AvgIpc) is 3.09. The van der Waals surface area contributed by atoms with Gasteiger partial charge in [0.05, 0.1) is 20.5 Å².